The topological polar surface area (TPSA) is 20.2 Å². The number of unbranched alkanes of at least 4 members (excludes halogenated alkanes) is 6. The molecule has 19 heavy (non-hydrogen) atoms. The Morgan fingerprint density at radius 3 is 1.58 bits per heavy atom. The van der Waals surface area contributed by atoms with Crippen molar-refractivity contribution >= 4 is 0 Å². The number of hydrogen-bond donors (Lipinski definition) is 1. The quantitative estimate of drug-likeness (QED) is 0.401. The van der Waals surface area contributed by atoms with Crippen LogP contribution in [0.2, 0.25) is 0 Å². The average Bonchev–Trinajstić information content (AvgIpc) is 2.39. The fourth-order valence-electron chi connectivity index (χ4n) is 2.95. The largest absolute Gasteiger partial charge is 0.390 e. The van der Waals surface area contributed by atoms with Crippen molar-refractivity contribution in [1.82, 2.24) is 0 Å². The Morgan fingerprint density at radius 1 is 0.737 bits per heavy atom. The summed E-state index contributed by atoms with van der Waals surface area (Å²) in [7, 11) is 0. The summed E-state index contributed by atoms with van der Waals surface area (Å²) in [5.74, 6) is 0.466. The second-order valence-electron chi connectivity index (χ2n) is 6.41. The molecule has 1 atom stereocenters. The highest BCUT2D eigenvalue weighted by molar-refractivity contribution is 4.84. The smallest absolute Gasteiger partial charge is 0.0673 e. The minimum absolute atomic E-state index is 0.391. The summed E-state index contributed by atoms with van der Waals surface area (Å²) in [5.41, 5.74) is -0.391. The average molecular weight is 271 g/mol. The first-order valence-electron chi connectivity index (χ1n) is 8.83. The molecule has 0 saturated carbocycles. The van der Waals surface area contributed by atoms with Gasteiger partial charge in [0, 0.05) is 0 Å². The summed E-state index contributed by atoms with van der Waals surface area (Å²) in [6.45, 7) is 8.99. The highest BCUT2D eigenvalue weighted by atomic mass is 16.3. The molecule has 1 heteroatoms. The first kappa shape index (κ1) is 19.0. The minimum atomic E-state index is -0.391. The van der Waals surface area contributed by atoms with E-state index in [9.17, 15) is 5.11 Å². The maximum absolute atomic E-state index is 11.0. The van der Waals surface area contributed by atoms with Gasteiger partial charge in [0.1, 0.15) is 0 Å². The fourth-order valence-corrected chi connectivity index (χ4v) is 2.95. The van der Waals surface area contributed by atoms with Crippen LogP contribution in [-0.4, -0.2) is 10.7 Å². The van der Waals surface area contributed by atoms with Crippen molar-refractivity contribution in [2.24, 2.45) is 5.92 Å². The van der Waals surface area contributed by atoms with Crippen LogP contribution in [0.15, 0.2) is 0 Å². The molecule has 116 valence electrons. The third-order valence-corrected chi connectivity index (χ3v) is 4.58. The molecule has 0 spiro atoms. The van der Waals surface area contributed by atoms with Gasteiger partial charge in [-0.05, 0) is 25.2 Å². The van der Waals surface area contributed by atoms with Crippen LogP contribution < -0.4 is 0 Å². The van der Waals surface area contributed by atoms with E-state index in [1.807, 2.05) is 0 Å². The third-order valence-electron chi connectivity index (χ3n) is 4.58. The van der Waals surface area contributed by atoms with Gasteiger partial charge >= 0.3 is 0 Å². The first-order valence-corrected chi connectivity index (χ1v) is 8.83. The second-order valence-corrected chi connectivity index (χ2v) is 6.41. The molecule has 0 rings (SSSR count). The molecule has 1 unspecified atom stereocenters. The molecule has 0 heterocycles. The van der Waals surface area contributed by atoms with Gasteiger partial charge < -0.3 is 5.11 Å². The highest BCUT2D eigenvalue weighted by Crippen LogP contribution is 2.33. The van der Waals surface area contributed by atoms with Crippen molar-refractivity contribution < 1.29 is 5.11 Å². The van der Waals surface area contributed by atoms with Crippen LogP contribution in [-0.2, 0) is 0 Å². The van der Waals surface area contributed by atoms with Crippen molar-refractivity contribution in [2.45, 2.75) is 110 Å². The Bertz CT molecular complexity index is 178. The molecular formula is C18H38O. The Balaban J connectivity index is 4.26. The van der Waals surface area contributed by atoms with Crippen LogP contribution in [0.1, 0.15) is 105 Å². The molecular weight excluding hydrogens is 232 g/mol. The molecule has 0 bridgehead atoms. The van der Waals surface area contributed by atoms with Crippen LogP contribution in [0, 0.1) is 5.92 Å². The minimum Gasteiger partial charge on any atom is -0.390 e. The van der Waals surface area contributed by atoms with Gasteiger partial charge in [-0.15, -0.1) is 0 Å². The van der Waals surface area contributed by atoms with Gasteiger partial charge in [0.05, 0.1) is 5.60 Å². The zero-order valence-corrected chi connectivity index (χ0v) is 14.0. The first-order chi connectivity index (χ1) is 9.10. The molecule has 0 saturated heterocycles. The van der Waals surface area contributed by atoms with Gasteiger partial charge in [-0.1, -0.05) is 85.5 Å². The lowest BCUT2D eigenvalue weighted by Crippen LogP contribution is -2.36. The van der Waals surface area contributed by atoms with E-state index in [-0.39, 0.29) is 0 Å². The van der Waals surface area contributed by atoms with Crippen LogP contribution in [0.5, 0.6) is 0 Å². The van der Waals surface area contributed by atoms with Crippen molar-refractivity contribution in [3.63, 3.8) is 0 Å². The summed E-state index contributed by atoms with van der Waals surface area (Å²) in [4.78, 5) is 0. The Hall–Kier alpha value is -0.0400. The van der Waals surface area contributed by atoms with Crippen LogP contribution >= 0.6 is 0 Å². The Morgan fingerprint density at radius 2 is 1.16 bits per heavy atom. The standard InChI is InChI=1S/C18H38O/c1-5-8-11-14-17(4)18(19,15-12-9-6-2)16-13-10-7-3/h17,19H,5-16H2,1-4H3. The molecule has 0 aromatic carbocycles. The molecule has 0 aliphatic heterocycles. The number of rotatable bonds is 13. The van der Waals surface area contributed by atoms with Gasteiger partial charge in [0.2, 0.25) is 0 Å². The SMILES string of the molecule is CCCCCC(C)C(O)(CCCCC)CCCCC. The normalized spacial score (nSPS) is 13.7. The second kappa shape index (κ2) is 11.8. The van der Waals surface area contributed by atoms with Gasteiger partial charge in [0.15, 0.2) is 0 Å². The number of hydrogen-bond acceptors (Lipinski definition) is 1. The molecule has 0 aromatic heterocycles. The summed E-state index contributed by atoms with van der Waals surface area (Å²) < 4.78 is 0. The van der Waals surface area contributed by atoms with Crippen molar-refractivity contribution in [3.05, 3.63) is 0 Å². The van der Waals surface area contributed by atoms with Gasteiger partial charge in [0.25, 0.3) is 0 Å². The molecule has 0 aromatic rings. The fraction of sp³-hybridized carbons (Fsp3) is 1.00. The molecule has 0 aliphatic rings. The maximum Gasteiger partial charge on any atom is 0.0673 e. The zero-order chi connectivity index (χ0) is 14.6. The molecule has 1 nitrogen and oxygen atoms in total. The summed E-state index contributed by atoms with van der Waals surface area (Å²) in [5, 5.41) is 11.0. The van der Waals surface area contributed by atoms with E-state index in [2.05, 4.69) is 27.7 Å². The Labute approximate surface area is 122 Å². The Kier molecular flexibility index (Phi) is 11.7. The van der Waals surface area contributed by atoms with Crippen LogP contribution in [0.25, 0.3) is 0 Å². The van der Waals surface area contributed by atoms with Gasteiger partial charge in [-0.25, -0.2) is 0 Å². The van der Waals surface area contributed by atoms with Crippen LogP contribution in [0.4, 0.5) is 0 Å². The summed E-state index contributed by atoms with van der Waals surface area (Å²) in [6.07, 6.45) is 14.5. The molecule has 0 amide bonds. The van der Waals surface area contributed by atoms with Gasteiger partial charge in [-0.2, -0.15) is 0 Å². The summed E-state index contributed by atoms with van der Waals surface area (Å²) >= 11 is 0. The van der Waals surface area contributed by atoms with E-state index in [1.54, 1.807) is 0 Å². The number of aliphatic hydroxyl groups is 1. The van der Waals surface area contributed by atoms with E-state index in [1.165, 1.54) is 64.2 Å². The highest BCUT2D eigenvalue weighted by Gasteiger charge is 2.31. The third kappa shape index (κ3) is 8.68. The lowest BCUT2D eigenvalue weighted by atomic mass is 9.77. The van der Waals surface area contributed by atoms with E-state index in [0.717, 1.165) is 12.8 Å². The summed E-state index contributed by atoms with van der Waals surface area (Å²) in [6, 6.07) is 0. The van der Waals surface area contributed by atoms with Gasteiger partial charge in [-0.3, -0.25) is 0 Å². The predicted molar refractivity (Wildman–Crippen MR) is 86.5 cm³/mol. The monoisotopic (exact) mass is 270 g/mol. The predicted octanol–water partition coefficient (Wildman–Crippen LogP) is 6.09. The van der Waals surface area contributed by atoms with Crippen molar-refractivity contribution in [3.8, 4) is 0 Å². The van der Waals surface area contributed by atoms with Crippen molar-refractivity contribution in [1.29, 1.82) is 0 Å². The zero-order valence-electron chi connectivity index (χ0n) is 14.0. The molecule has 1 N–H and O–H groups in total. The maximum atomic E-state index is 11.0. The van der Waals surface area contributed by atoms with Crippen molar-refractivity contribution in [2.75, 3.05) is 0 Å². The van der Waals surface area contributed by atoms with E-state index in [4.69, 9.17) is 0 Å². The molecule has 0 aliphatic carbocycles. The van der Waals surface area contributed by atoms with E-state index < -0.39 is 5.60 Å². The van der Waals surface area contributed by atoms with Crippen LogP contribution in [0.3, 0.4) is 0 Å². The van der Waals surface area contributed by atoms with E-state index in [0.29, 0.717) is 5.92 Å². The van der Waals surface area contributed by atoms with E-state index >= 15 is 0 Å². The lowest BCUT2D eigenvalue weighted by Gasteiger charge is -2.35. The molecule has 0 radical (unpaired) electrons. The molecule has 0 fully saturated rings. The lowest BCUT2D eigenvalue weighted by molar-refractivity contribution is -0.0348.